The molecule has 0 aliphatic rings. The van der Waals surface area contributed by atoms with Crippen LogP contribution < -0.4 is 5.73 Å². The molecule has 2 rings (SSSR count). The number of hydrogen-bond donors (Lipinski definition) is 1. The van der Waals surface area contributed by atoms with Crippen molar-refractivity contribution in [3.63, 3.8) is 0 Å². The number of aromatic nitrogens is 1. The van der Waals surface area contributed by atoms with Crippen LogP contribution in [0.5, 0.6) is 0 Å². The third-order valence-corrected chi connectivity index (χ3v) is 4.50. The van der Waals surface area contributed by atoms with E-state index in [2.05, 4.69) is 70.4 Å². The summed E-state index contributed by atoms with van der Waals surface area (Å²) in [6.07, 6.45) is 0. The van der Waals surface area contributed by atoms with Crippen LogP contribution in [-0.2, 0) is 5.41 Å². The SMILES string of the molecule is Cc1c(C(N)=O)c(-c2ccc(C(C)(C)C)cc2)c(C)n1C(C)C. The molecule has 0 saturated carbocycles. The van der Waals surface area contributed by atoms with Crippen LogP contribution in [-0.4, -0.2) is 10.5 Å². The van der Waals surface area contributed by atoms with Gasteiger partial charge in [0.15, 0.2) is 0 Å². The highest BCUT2D eigenvalue weighted by atomic mass is 16.1. The van der Waals surface area contributed by atoms with Gasteiger partial charge in [-0.25, -0.2) is 0 Å². The zero-order valence-electron chi connectivity index (χ0n) is 15.3. The largest absolute Gasteiger partial charge is 0.366 e. The second-order valence-electron chi connectivity index (χ2n) is 7.58. The summed E-state index contributed by atoms with van der Waals surface area (Å²) in [6.45, 7) is 14.9. The molecular formula is C20H28N2O. The molecule has 1 amide bonds. The molecule has 0 saturated heterocycles. The summed E-state index contributed by atoms with van der Waals surface area (Å²) in [5.74, 6) is -0.361. The summed E-state index contributed by atoms with van der Waals surface area (Å²) < 4.78 is 2.19. The summed E-state index contributed by atoms with van der Waals surface area (Å²) in [4.78, 5) is 12.0. The maximum absolute atomic E-state index is 12.0. The molecule has 0 radical (unpaired) electrons. The van der Waals surface area contributed by atoms with Crippen LogP contribution in [0, 0.1) is 13.8 Å². The minimum atomic E-state index is -0.361. The van der Waals surface area contributed by atoms with Crippen LogP contribution in [0.4, 0.5) is 0 Å². The van der Waals surface area contributed by atoms with Crippen molar-refractivity contribution in [2.24, 2.45) is 5.73 Å². The summed E-state index contributed by atoms with van der Waals surface area (Å²) in [6, 6.07) is 8.76. The minimum absolute atomic E-state index is 0.111. The Morgan fingerprint density at radius 1 is 1.04 bits per heavy atom. The first-order valence-electron chi connectivity index (χ1n) is 8.17. The molecule has 0 aliphatic carbocycles. The van der Waals surface area contributed by atoms with Gasteiger partial charge in [-0.3, -0.25) is 4.79 Å². The zero-order chi connectivity index (χ0) is 17.5. The van der Waals surface area contributed by atoms with E-state index in [9.17, 15) is 4.79 Å². The topological polar surface area (TPSA) is 48.0 Å². The molecule has 0 unspecified atom stereocenters. The van der Waals surface area contributed by atoms with Crippen molar-refractivity contribution in [2.75, 3.05) is 0 Å². The predicted octanol–water partition coefficient (Wildman–Crippen LogP) is 4.75. The van der Waals surface area contributed by atoms with Crippen molar-refractivity contribution >= 4 is 5.91 Å². The standard InChI is InChI=1S/C20H28N2O/c1-12(2)22-13(3)17(18(14(22)4)19(21)23)15-8-10-16(11-9-15)20(5,6)7/h8-12H,1-7H3,(H2,21,23). The van der Waals surface area contributed by atoms with Gasteiger partial charge in [0, 0.05) is 23.0 Å². The highest BCUT2D eigenvalue weighted by Gasteiger charge is 2.24. The van der Waals surface area contributed by atoms with E-state index in [1.807, 2.05) is 6.92 Å². The van der Waals surface area contributed by atoms with Gasteiger partial charge < -0.3 is 10.3 Å². The van der Waals surface area contributed by atoms with Crippen LogP contribution in [0.3, 0.4) is 0 Å². The molecule has 0 aliphatic heterocycles. The average molecular weight is 312 g/mol. The molecule has 124 valence electrons. The van der Waals surface area contributed by atoms with Crippen LogP contribution in [0.2, 0.25) is 0 Å². The molecule has 23 heavy (non-hydrogen) atoms. The number of carbonyl (C=O) groups is 1. The fraction of sp³-hybridized carbons (Fsp3) is 0.450. The third kappa shape index (κ3) is 3.05. The number of nitrogens with zero attached hydrogens (tertiary/aromatic N) is 1. The van der Waals surface area contributed by atoms with E-state index >= 15 is 0 Å². The van der Waals surface area contributed by atoms with E-state index < -0.39 is 0 Å². The first-order valence-corrected chi connectivity index (χ1v) is 8.17. The van der Waals surface area contributed by atoms with Crippen molar-refractivity contribution in [3.8, 4) is 11.1 Å². The lowest BCUT2D eigenvalue weighted by Crippen LogP contribution is -2.14. The number of carbonyl (C=O) groups excluding carboxylic acids is 1. The molecule has 3 heteroatoms. The van der Waals surface area contributed by atoms with Crippen molar-refractivity contribution < 1.29 is 4.79 Å². The van der Waals surface area contributed by atoms with E-state index in [0.29, 0.717) is 5.56 Å². The number of benzene rings is 1. The molecule has 1 aromatic heterocycles. The predicted molar refractivity (Wildman–Crippen MR) is 96.9 cm³/mol. The average Bonchev–Trinajstić information content (AvgIpc) is 2.69. The van der Waals surface area contributed by atoms with E-state index in [-0.39, 0.29) is 17.4 Å². The molecular weight excluding hydrogens is 284 g/mol. The van der Waals surface area contributed by atoms with Crippen LogP contribution in [0.25, 0.3) is 11.1 Å². The normalized spacial score (nSPS) is 12.0. The minimum Gasteiger partial charge on any atom is -0.366 e. The second-order valence-corrected chi connectivity index (χ2v) is 7.58. The van der Waals surface area contributed by atoms with Crippen molar-refractivity contribution in [2.45, 2.75) is 59.9 Å². The Kier molecular flexibility index (Phi) is 4.43. The van der Waals surface area contributed by atoms with Gasteiger partial charge in [0.2, 0.25) is 0 Å². The lowest BCUT2D eigenvalue weighted by molar-refractivity contribution is 0.1000. The van der Waals surface area contributed by atoms with E-state index in [0.717, 1.165) is 22.5 Å². The number of nitrogens with two attached hydrogens (primary N) is 1. The smallest absolute Gasteiger partial charge is 0.251 e. The maximum atomic E-state index is 12.0. The lowest BCUT2D eigenvalue weighted by atomic mass is 9.86. The number of amides is 1. The van der Waals surface area contributed by atoms with Gasteiger partial charge in [-0.05, 0) is 44.2 Å². The van der Waals surface area contributed by atoms with Gasteiger partial charge in [0.05, 0.1) is 5.56 Å². The molecule has 0 atom stereocenters. The third-order valence-electron chi connectivity index (χ3n) is 4.50. The van der Waals surface area contributed by atoms with Crippen molar-refractivity contribution in [3.05, 3.63) is 46.8 Å². The summed E-state index contributed by atoms with van der Waals surface area (Å²) in [7, 11) is 0. The summed E-state index contributed by atoms with van der Waals surface area (Å²) >= 11 is 0. The molecule has 0 bridgehead atoms. The van der Waals surface area contributed by atoms with Crippen molar-refractivity contribution in [1.82, 2.24) is 4.57 Å². The highest BCUT2D eigenvalue weighted by Crippen LogP contribution is 2.35. The first kappa shape index (κ1) is 17.3. The Morgan fingerprint density at radius 2 is 1.57 bits per heavy atom. The van der Waals surface area contributed by atoms with Crippen molar-refractivity contribution in [1.29, 1.82) is 0 Å². The van der Waals surface area contributed by atoms with Gasteiger partial charge in [-0.2, -0.15) is 0 Å². The molecule has 1 heterocycles. The molecule has 2 aromatic rings. The molecule has 0 spiro atoms. The Balaban J connectivity index is 2.68. The monoisotopic (exact) mass is 312 g/mol. The maximum Gasteiger partial charge on any atom is 0.251 e. The Hall–Kier alpha value is -2.03. The molecule has 3 nitrogen and oxygen atoms in total. The summed E-state index contributed by atoms with van der Waals surface area (Å²) in [5, 5.41) is 0. The quantitative estimate of drug-likeness (QED) is 0.873. The van der Waals surface area contributed by atoms with E-state index in [4.69, 9.17) is 5.73 Å². The first-order chi connectivity index (χ1) is 10.6. The molecule has 1 aromatic carbocycles. The highest BCUT2D eigenvalue weighted by molar-refractivity contribution is 6.02. The summed E-state index contributed by atoms with van der Waals surface area (Å²) in [5.41, 5.74) is 11.8. The fourth-order valence-corrected chi connectivity index (χ4v) is 3.42. The Morgan fingerprint density at radius 3 is 1.96 bits per heavy atom. The van der Waals surface area contributed by atoms with Gasteiger partial charge in [0.1, 0.15) is 0 Å². The number of hydrogen-bond acceptors (Lipinski definition) is 1. The number of rotatable bonds is 3. The van der Waals surface area contributed by atoms with Crippen LogP contribution in [0.15, 0.2) is 24.3 Å². The Bertz CT molecular complexity index is 728. The van der Waals surface area contributed by atoms with Gasteiger partial charge >= 0.3 is 0 Å². The van der Waals surface area contributed by atoms with E-state index in [1.165, 1.54) is 5.56 Å². The lowest BCUT2D eigenvalue weighted by Gasteiger charge is -2.19. The van der Waals surface area contributed by atoms with Crippen LogP contribution >= 0.6 is 0 Å². The van der Waals surface area contributed by atoms with E-state index in [1.54, 1.807) is 0 Å². The fourth-order valence-electron chi connectivity index (χ4n) is 3.42. The zero-order valence-corrected chi connectivity index (χ0v) is 15.3. The Labute approximate surface area is 139 Å². The number of primary amides is 1. The van der Waals surface area contributed by atoms with Gasteiger partial charge in [-0.1, -0.05) is 45.0 Å². The molecule has 2 N–H and O–H groups in total. The molecule has 0 fully saturated rings. The van der Waals surface area contributed by atoms with Crippen LogP contribution in [0.1, 0.15) is 68.0 Å². The van der Waals surface area contributed by atoms with Gasteiger partial charge in [0.25, 0.3) is 5.91 Å². The van der Waals surface area contributed by atoms with Gasteiger partial charge in [-0.15, -0.1) is 0 Å². The second kappa shape index (κ2) is 5.88.